The number of hydrogen-bond acceptors (Lipinski definition) is 2. The lowest BCUT2D eigenvalue weighted by Gasteiger charge is -2.04. The van der Waals surface area contributed by atoms with E-state index >= 15 is 0 Å². The molecule has 0 aliphatic rings. The van der Waals surface area contributed by atoms with Gasteiger partial charge in [0.25, 0.3) is 0 Å². The number of imidazole rings is 1. The van der Waals surface area contributed by atoms with Crippen molar-refractivity contribution in [3.63, 3.8) is 0 Å². The number of benzene rings is 1. The predicted octanol–water partition coefficient (Wildman–Crippen LogP) is 2.60. The monoisotopic (exact) mass is 191 g/mol. The molecule has 4 heteroatoms. The van der Waals surface area contributed by atoms with E-state index in [0.29, 0.717) is 11.5 Å². The third-order valence-electron chi connectivity index (χ3n) is 1.92. The van der Waals surface area contributed by atoms with Gasteiger partial charge in [0, 0.05) is 18.1 Å². The average molecular weight is 191 g/mol. The van der Waals surface area contributed by atoms with Crippen molar-refractivity contribution in [1.29, 1.82) is 0 Å². The fourth-order valence-electron chi connectivity index (χ4n) is 1.19. The summed E-state index contributed by atoms with van der Waals surface area (Å²) < 4.78 is 12.9. The maximum absolute atomic E-state index is 12.9. The van der Waals surface area contributed by atoms with E-state index in [1.807, 2.05) is 0 Å². The largest absolute Gasteiger partial charge is 0.331 e. The minimum absolute atomic E-state index is 0.199. The second kappa shape index (κ2) is 3.49. The first-order chi connectivity index (χ1) is 6.75. The highest BCUT2D eigenvalue weighted by atomic mass is 19.1. The van der Waals surface area contributed by atoms with Crippen LogP contribution in [0.15, 0.2) is 30.6 Å². The van der Waals surface area contributed by atoms with Gasteiger partial charge in [0.1, 0.15) is 5.82 Å². The van der Waals surface area contributed by atoms with E-state index in [0.717, 1.165) is 5.69 Å². The number of nitrogens with one attached hydrogen (secondary N) is 2. The number of rotatable bonds is 2. The van der Waals surface area contributed by atoms with Crippen LogP contribution in [0, 0.1) is 12.7 Å². The lowest BCUT2D eigenvalue weighted by molar-refractivity contribution is 0.619. The van der Waals surface area contributed by atoms with Crippen LogP contribution in [-0.2, 0) is 0 Å². The van der Waals surface area contributed by atoms with Gasteiger partial charge < -0.3 is 10.3 Å². The number of aromatic amines is 1. The number of H-pyrrole nitrogens is 1. The fraction of sp³-hybridized carbons (Fsp3) is 0.100. The van der Waals surface area contributed by atoms with Gasteiger partial charge >= 0.3 is 0 Å². The highest BCUT2D eigenvalue weighted by Gasteiger charge is 1.99. The van der Waals surface area contributed by atoms with Crippen molar-refractivity contribution < 1.29 is 4.39 Å². The Kier molecular flexibility index (Phi) is 2.18. The Morgan fingerprint density at radius 2 is 2.29 bits per heavy atom. The van der Waals surface area contributed by atoms with E-state index in [9.17, 15) is 4.39 Å². The first-order valence-corrected chi connectivity index (χ1v) is 4.28. The Morgan fingerprint density at radius 3 is 2.93 bits per heavy atom. The van der Waals surface area contributed by atoms with E-state index in [1.165, 1.54) is 6.07 Å². The summed E-state index contributed by atoms with van der Waals surface area (Å²) in [5.41, 5.74) is 1.43. The quantitative estimate of drug-likeness (QED) is 0.766. The molecule has 1 aromatic heterocycles. The zero-order chi connectivity index (χ0) is 9.97. The summed E-state index contributed by atoms with van der Waals surface area (Å²) in [6.45, 7) is 1.72. The molecule has 0 unspecified atom stereocenters. The van der Waals surface area contributed by atoms with Crippen molar-refractivity contribution in [3.05, 3.63) is 42.0 Å². The van der Waals surface area contributed by atoms with E-state index in [1.54, 1.807) is 31.5 Å². The molecule has 14 heavy (non-hydrogen) atoms. The molecule has 0 amide bonds. The first kappa shape index (κ1) is 8.74. The molecule has 0 aliphatic heterocycles. The molecule has 2 aromatic rings. The molecule has 0 saturated heterocycles. The Morgan fingerprint density at radius 1 is 1.43 bits per heavy atom. The highest BCUT2D eigenvalue weighted by molar-refractivity contribution is 5.54. The van der Waals surface area contributed by atoms with E-state index in [2.05, 4.69) is 15.3 Å². The fourth-order valence-corrected chi connectivity index (χ4v) is 1.19. The zero-order valence-corrected chi connectivity index (χ0v) is 7.71. The molecular formula is C10H10FN3. The van der Waals surface area contributed by atoms with Crippen molar-refractivity contribution in [2.45, 2.75) is 6.92 Å². The standard InChI is InChI=1S/C10H10FN3/c1-7-6-8(2-3-9(7)11)14-10-12-4-5-13-10/h2-6H,1H3,(H2,12,13,14). The third kappa shape index (κ3) is 1.74. The maximum Gasteiger partial charge on any atom is 0.204 e. The van der Waals surface area contributed by atoms with Gasteiger partial charge in [-0.1, -0.05) is 0 Å². The Balaban J connectivity index is 2.22. The summed E-state index contributed by atoms with van der Waals surface area (Å²) in [5, 5.41) is 3.02. The minimum Gasteiger partial charge on any atom is -0.331 e. The first-order valence-electron chi connectivity index (χ1n) is 4.28. The average Bonchev–Trinajstić information content (AvgIpc) is 2.64. The lowest BCUT2D eigenvalue weighted by Crippen LogP contribution is -1.93. The van der Waals surface area contributed by atoms with Crippen LogP contribution in [0.25, 0.3) is 0 Å². The topological polar surface area (TPSA) is 40.7 Å². The molecule has 3 nitrogen and oxygen atoms in total. The van der Waals surface area contributed by atoms with E-state index in [4.69, 9.17) is 0 Å². The van der Waals surface area contributed by atoms with Gasteiger partial charge in [-0.2, -0.15) is 0 Å². The van der Waals surface area contributed by atoms with Gasteiger partial charge in [-0.15, -0.1) is 0 Å². The summed E-state index contributed by atoms with van der Waals surface area (Å²) in [4.78, 5) is 6.91. The molecule has 0 bridgehead atoms. The summed E-state index contributed by atoms with van der Waals surface area (Å²) in [7, 11) is 0. The van der Waals surface area contributed by atoms with Gasteiger partial charge in [-0.3, -0.25) is 0 Å². The van der Waals surface area contributed by atoms with Crippen molar-refractivity contribution in [1.82, 2.24) is 9.97 Å². The van der Waals surface area contributed by atoms with Crippen LogP contribution in [0.2, 0.25) is 0 Å². The number of anilines is 2. The number of aryl methyl sites for hydroxylation is 1. The zero-order valence-electron chi connectivity index (χ0n) is 7.71. The normalized spacial score (nSPS) is 10.1. The molecule has 72 valence electrons. The summed E-state index contributed by atoms with van der Waals surface area (Å²) in [6, 6.07) is 4.84. The van der Waals surface area contributed by atoms with Crippen LogP contribution in [0.5, 0.6) is 0 Å². The third-order valence-corrected chi connectivity index (χ3v) is 1.92. The summed E-state index contributed by atoms with van der Waals surface area (Å²) >= 11 is 0. The van der Waals surface area contributed by atoms with Crippen molar-refractivity contribution in [2.24, 2.45) is 0 Å². The van der Waals surface area contributed by atoms with Crippen LogP contribution in [0.3, 0.4) is 0 Å². The Hall–Kier alpha value is -1.84. The Labute approximate surface area is 81.0 Å². The van der Waals surface area contributed by atoms with Crippen LogP contribution in [0.1, 0.15) is 5.56 Å². The van der Waals surface area contributed by atoms with Gasteiger partial charge in [-0.25, -0.2) is 9.37 Å². The van der Waals surface area contributed by atoms with Crippen LogP contribution in [-0.4, -0.2) is 9.97 Å². The molecule has 0 saturated carbocycles. The number of aromatic nitrogens is 2. The molecule has 0 spiro atoms. The molecule has 0 radical (unpaired) electrons. The van der Waals surface area contributed by atoms with E-state index in [-0.39, 0.29) is 5.82 Å². The van der Waals surface area contributed by atoms with Crippen LogP contribution in [0.4, 0.5) is 16.0 Å². The van der Waals surface area contributed by atoms with Gasteiger partial charge in [-0.05, 0) is 30.7 Å². The Bertz CT molecular complexity index is 423. The molecule has 1 heterocycles. The van der Waals surface area contributed by atoms with Gasteiger partial charge in [0.15, 0.2) is 0 Å². The second-order valence-electron chi connectivity index (χ2n) is 3.03. The summed E-state index contributed by atoms with van der Waals surface area (Å²) in [6.07, 6.45) is 3.37. The number of halogens is 1. The number of hydrogen-bond donors (Lipinski definition) is 2. The predicted molar refractivity (Wildman–Crippen MR) is 53.0 cm³/mol. The SMILES string of the molecule is Cc1cc(Nc2ncc[nH]2)ccc1F. The van der Waals surface area contributed by atoms with Gasteiger partial charge in [0.2, 0.25) is 5.95 Å². The molecule has 0 fully saturated rings. The maximum atomic E-state index is 12.9. The number of nitrogens with zero attached hydrogens (tertiary/aromatic N) is 1. The minimum atomic E-state index is -0.199. The molecule has 1 aromatic carbocycles. The molecular weight excluding hydrogens is 181 g/mol. The molecule has 0 aliphatic carbocycles. The van der Waals surface area contributed by atoms with Crippen molar-refractivity contribution in [3.8, 4) is 0 Å². The molecule has 2 rings (SSSR count). The lowest BCUT2D eigenvalue weighted by atomic mass is 10.2. The molecule has 0 atom stereocenters. The second-order valence-corrected chi connectivity index (χ2v) is 3.03. The van der Waals surface area contributed by atoms with Crippen molar-refractivity contribution in [2.75, 3.05) is 5.32 Å². The molecule has 2 N–H and O–H groups in total. The van der Waals surface area contributed by atoms with Crippen molar-refractivity contribution >= 4 is 11.6 Å². The summed E-state index contributed by atoms with van der Waals surface area (Å²) in [5.74, 6) is 0.450. The van der Waals surface area contributed by atoms with Gasteiger partial charge in [0.05, 0.1) is 0 Å². The van der Waals surface area contributed by atoms with Crippen LogP contribution < -0.4 is 5.32 Å². The van der Waals surface area contributed by atoms with E-state index < -0.39 is 0 Å². The smallest absolute Gasteiger partial charge is 0.204 e. The highest BCUT2D eigenvalue weighted by Crippen LogP contribution is 2.16. The van der Waals surface area contributed by atoms with Crippen LogP contribution >= 0.6 is 0 Å².